The molecular formula is C20H28N6O. The van der Waals surface area contributed by atoms with Gasteiger partial charge in [0.25, 0.3) is 0 Å². The fraction of sp³-hybridized carbons (Fsp3) is 0.600. The van der Waals surface area contributed by atoms with E-state index in [-0.39, 0.29) is 11.3 Å². The summed E-state index contributed by atoms with van der Waals surface area (Å²) in [6.45, 7) is 7.56. The third-order valence-corrected chi connectivity index (χ3v) is 5.87. The molecule has 0 bridgehead atoms. The van der Waals surface area contributed by atoms with Crippen molar-refractivity contribution in [2.75, 3.05) is 31.1 Å². The molecule has 1 amide bonds. The number of aryl methyl sites for hydroxylation is 2. The Bertz CT molecular complexity index is 785. The summed E-state index contributed by atoms with van der Waals surface area (Å²) in [4.78, 5) is 33.4. The number of aromatic nitrogens is 4. The van der Waals surface area contributed by atoms with Crippen LogP contribution in [0, 0.1) is 19.3 Å². The molecule has 1 N–H and O–H groups in total. The van der Waals surface area contributed by atoms with Crippen molar-refractivity contribution in [3.05, 3.63) is 35.7 Å². The van der Waals surface area contributed by atoms with Crippen LogP contribution in [0.4, 0.5) is 5.95 Å². The summed E-state index contributed by atoms with van der Waals surface area (Å²) in [6.07, 6.45) is 8.26. The molecule has 1 unspecified atom stereocenters. The maximum Gasteiger partial charge on any atom is 0.225 e. The van der Waals surface area contributed by atoms with Crippen molar-refractivity contribution in [2.45, 2.75) is 46.0 Å². The second-order valence-corrected chi connectivity index (χ2v) is 8.12. The number of hydrogen-bond acceptors (Lipinski definition) is 5. The molecular weight excluding hydrogens is 340 g/mol. The predicted molar refractivity (Wildman–Crippen MR) is 103 cm³/mol. The van der Waals surface area contributed by atoms with Gasteiger partial charge in [-0.05, 0) is 39.2 Å². The lowest BCUT2D eigenvalue weighted by Crippen LogP contribution is -2.54. The number of imidazole rings is 1. The third-order valence-electron chi connectivity index (χ3n) is 5.87. The molecule has 2 aromatic rings. The Balaban J connectivity index is 1.47. The first-order valence-corrected chi connectivity index (χ1v) is 9.85. The Morgan fingerprint density at radius 1 is 1.19 bits per heavy atom. The standard InChI is InChI=1S/C20H28N6O/c1-15-10-16(2)24-19(23-15)26-8-3-6-20(13-26)7-4-18(27)25(12-20)9-5-17-11-21-14-22-17/h10-11,14H,3-9,12-13H2,1-2H3,(H,21,22). The zero-order chi connectivity index (χ0) is 18.9. The molecule has 4 rings (SSSR count). The van der Waals surface area contributed by atoms with Gasteiger partial charge in [-0.1, -0.05) is 0 Å². The number of nitrogens with one attached hydrogen (secondary N) is 1. The molecule has 0 radical (unpaired) electrons. The van der Waals surface area contributed by atoms with Gasteiger partial charge in [0, 0.05) is 67.7 Å². The Morgan fingerprint density at radius 3 is 2.74 bits per heavy atom. The van der Waals surface area contributed by atoms with E-state index >= 15 is 0 Å². The van der Waals surface area contributed by atoms with E-state index in [0.717, 1.165) is 68.5 Å². The lowest BCUT2D eigenvalue weighted by molar-refractivity contribution is -0.137. The van der Waals surface area contributed by atoms with Crippen molar-refractivity contribution >= 4 is 11.9 Å². The number of piperidine rings is 2. The van der Waals surface area contributed by atoms with Crippen LogP contribution in [0.25, 0.3) is 0 Å². The van der Waals surface area contributed by atoms with Gasteiger partial charge in [-0.2, -0.15) is 0 Å². The zero-order valence-corrected chi connectivity index (χ0v) is 16.2. The van der Waals surface area contributed by atoms with E-state index in [4.69, 9.17) is 0 Å². The number of amides is 1. The number of H-pyrrole nitrogens is 1. The van der Waals surface area contributed by atoms with Crippen molar-refractivity contribution in [1.82, 2.24) is 24.8 Å². The molecule has 2 aliphatic heterocycles. The van der Waals surface area contributed by atoms with Crippen LogP contribution in [0.2, 0.25) is 0 Å². The van der Waals surface area contributed by atoms with E-state index in [2.05, 4.69) is 29.7 Å². The van der Waals surface area contributed by atoms with Gasteiger partial charge in [-0.3, -0.25) is 4.79 Å². The minimum atomic E-state index is 0.154. The smallest absolute Gasteiger partial charge is 0.225 e. The molecule has 2 saturated heterocycles. The number of nitrogens with zero attached hydrogens (tertiary/aromatic N) is 5. The summed E-state index contributed by atoms with van der Waals surface area (Å²) < 4.78 is 0. The minimum Gasteiger partial charge on any atom is -0.348 e. The van der Waals surface area contributed by atoms with Crippen LogP contribution in [0.3, 0.4) is 0 Å². The molecule has 0 aromatic carbocycles. The fourth-order valence-electron chi connectivity index (χ4n) is 4.54. The van der Waals surface area contributed by atoms with Gasteiger partial charge >= 0.3 is 0 Å². The number of hydrogen-bond donors (Lipinski definition) is 1. The van der Waals surface area contributed by atoms with Gasteiger partial charge in [0.2, 0.25) is 11.9 Å². The van der Waals surface area contributed by atoms with Gasteiger partial charge in [-0.25, -0.2) is 15.0 Å². The van der Waals surface area contributed by atoms with Crippen molar-refractivity contribution in [2.24, 2.45) is 5.41 Å². The minimum absolute atomic E-state index is 0.154. The molecule has 4 heterocycles. The quantitative estimate of drug-likeness (QED) is 0.896. The van der Waals surface area contributed by atoms with Crippen molar-refractivity contribution in [1.29, 1.82) is 0 Å². The maximum absolute atomic E-state index is 12.5. The molecule has 0 saturated carbocycles. The summed E-state index contributed by atoms with van der Waals surface area (Å²) in [5, 5.41) is 0. The molecule has 1 atom stereocenters. The van der Waals surface area contributed by atoms with E-state index in [9.17, 15) is 4.79 Å². The van der Waals surface area contributed by atoms with Crippen molar-refractivity contribution in [3.63, 3.8) is 0 Å². The summed E-state index contributed by atoms with van der Waals surface area (Å²) in [5.41, 5.74) is 3.26. The van der Waals surface area contributed by atoms with Crippen LogP contribution in [-0.4, -0.2) is 56.9 Å². The Morgan fingerprint density at radius 2 is 2.00 bits per heavy atom. The second-order valence-electron chi connectivity index (χ2n) is 8.12. The Labute approximate surface area is 160 Å². The number of likely N-dealkylation sites (tertiary alicyclic amines) is 1. The first-order valence-electron chi connectivity index (χ1n) is 9.85. The monoisotopic (exact) mass is 368 g/mol. The highest BCUT2D eigenvalue weighted by Crippen LogP contribution is 2.39. The molecule has 2 aromatic heterocycles. The van der Waals surface area contributed by atoms with Crippen LogP contribution < -0.4 is 4.90 Å². The Kier molecular flexibility index (Phi) is 4.85. The topological polar surface area (TPSA) is 78.0 Å². The van der Waals surface area contributed by atoms with Crippen molar-refractivity contribution < 1.29 is 4.79 Å². The van der Waals surface area contributed by atoms with Gasteiger partial charge in [0.1, 0.15) is 0 Å². The largest absolute Gasteiger partial charge is 0.348 e. The van der Waals surface area contributed by atoms with Gasteiger partial charge in [0.15, 0.2) is 0 Å². The van der Waals surface area contributed by atoms with E-state index in [0.29, 0.717) is 6.42 Å². The van der Waals surface area contributed by atoms with Gasteiger partial charge in [-0.15, -0.1) is 0 Å². The first-order chi connectivity index (χ1) is 13.0. The number of rotatable bonds is 4. The summed E-state index contributed by atoms with van der Waals surface area (Å²) in [6, 6.07) is 2.01. The third kappa shape index (κ3) is 3.96. The van der Waals surface area contributed by atoms with Gasteiger partial charge < -0.3 is 14.8 Å². The number of aromatic amines is 1. The van der Waals surface area contributed by atoms with Crippen LogP contribution in [-0.2, 0) is 11.2 Å². The predicted octanol–water partition coefficient (Wildman–Crippen LogP) is 2.27. The van der Waals surface area contributed by atoms with Crippen molar-refractivity contribution in [3.8, 4) is 0 Å². The number of carbonyl (C=O) groups is 1. The maximum atomic E-state index is 12.5. The average molecular weight is 368 g/mol. The van der Waals surface area contributed by atoms with E-state index in [1.165, 1.54) is 6.42 Å². The first kappa shape index (κ1) is 17.9. The summed E-state index contributed by atoms with van der Waals surface area (Å²) >= 11 is 0. The zero-order valence-electron chi connectivity index (χ0n) is 16.2. The SMILES string of the molecule is Cc1cc(C)nc(N2CCCC3(CCC(=O)N(CCc4cnc[nH]4)C3)C2)n1. The van der Waals surface area contributed by atoms with Crippen LogP contribution >= 0.6 is 0 Å². The van der Waals surface area contributed by atoms with E-state index in [1.807, 2.05) is 26.1 Å². The van der Waals surface area contributed by atoms with Crippen LogP contribution in [0.15, 0.2) is 18.6 Å². The lowest BCUT2D eigenvalue weighted by Gasteiger charge is -2.48. The molecule has 0 aliphatic carbocycles. The highest BCUT2D eigenvalue weighted by molar-refractivity contribution is 5.77. The normalized spacial score (nSPS) is 23.3. The van der Waals surface area contributed by atoms with Crippen LogP contribution in [0.5, 0.6) is 0 Å². The molecule has 2 aliphatic rings. The average Bonchev–Trinajstić information content (AvgIpc) is 3.16. The van der Waals surface area contributed by atoms with Crippen LogP contribution in [0.1, 0.15) is 42.8 Å². The lowest BCUT2D eigenvalue weighted by atomic mass is 9.73. The second kappa shape index (κ2) is 7.29. The van der Waals surface area contributed by atoms with E-state index < -0.39 is 0 Å². The molecule has 7 nitrogen and oxygen atoms in total. The fourth-order valence-corrected chi connectivity index (χ4v) is 4.54. The highest BCUT2D eigenvalue weighted by Gasteiger charge is 2.42. The molecule has 144 valence electrons. The summed E-state index contributed by atoms with van der Waals surface area (Å²) in [5.74, 6) is 1.12. The highest BCUT2D eigenvalue weighted by atomic mass is 16.2. The molecule has 1 spiro atoms. The number of carbonyl (C=O) groups excluding carboxylic acids is 1. The molecule has 2 fully saturated rings. The number of anilines is 1. The molecule has 7 heteroatoms. The van der Waals surface area contributed by atoms with Gasteiger partial charge in [0.05, 0.1) is 6.33 Å². The molecule has 27 heavy (non-hydrogen) atoms. The summed E-state index contributed by atoms with van der Waals surface area (Å²) in [7, 11) is 0. The Hall–Kier alpha value is -2.44. The van der Waals surface area contributed by atoms with E-state index in [1.54, 1.807) is 6.33 Å².